The van der Waals surface area contributed by atoms with Crippen LogP contribution in [0.1, 0.15) is 12.0 Å². The molecule has 0 aliphatic rings. The Morgan fingerprint density at radius 2 is 1.86 bits per heavy atom. The van der Waals surface area contributed by atoms with Gasteiger partial charge in [0.2, 0.25) is 0 Å². The molecule has 0 saturated carbocycles. The summed E-state index contributed by atoms with van der Waals surface area (Å²) in [6, 6.07) is 9.54. The summed E-state index contributed by atoms with van der Waals surface area (Å²) in [5.74, 6) is 0. The van der Waals surface area contributed by atoms with E-state index in [2.05, 4.69) is 5.32 Å². The standard InChI is InChI=1S/C16H15Cl2NO3/c17-14-9-12-3-2-11(8-13(12)10-15(14)18)4-7-22-16(21)19-5-1-6-20/h2-3,6,8-10H,1,4-5,7H2,(H,19,21). The van der Waals surface area contributed by atoms with Crippen molar-refractivity contribution < 1.29 is 14.3 Å². The minimum atomic E-state index is -0.516. The highest BCUT2D eigenvalue weighted by atomic mass is 35.5. The quantitative estimate of drug-likeness (QED) is 0.639. The molecule has 1 amide bonds. The number of hydrogen-bond donors (Lipinski definition) is 1. The zero-order valence-electron chi connectivity index (χ0n) is 11.8. The highest BCUT2D eigenvalue weighted by molar-refractivity contribution is 6.42. The average Bonchev–Trinajstić information content (AvgIpc) is 2.49. The summed E-state index contributed by atoms with van der Waals surface area (Å²) in [5.41, 5.74) is 1.03. The third-order valence-electron chi connectivity index (χ3n) is 3.10. The summed E-state index contributed by atoms with van der Waals surface area (Å²) in [5, 5.41) is 5.52. The number of amides is 1. The van der Waals surface area contributed by atoms with Gasteiger partial charge in [0, 0.05) is 19.4 Å². The third-order valence-corrected chi connectivity index (χ3v) is 3.82. The molecular weight excluding hydrogens is 325 g/mol. The molecule has 0 fully saturated rings. The van der Waals surface area contributed by atoms with Gasteiger partial charge in [0.1, 0.15) is 6.29 Å². The number of nitrogens with one attached hydrogen (secondary N) is 1. The van der Waals surface area contributed by atoms with Crippen molar-refractivity contribution in [1.29, 1.82) is 0 Å². The molecule has 0 aliphatic carbocycles. The third kappa shape index (κ3) is 4.61. The second-order valence-corrected chi connectivity index (χ2v) is 5.53. The first kappa shape index (κ1) is 16.6. The lowest BCUT2D eigenvalue weighted by Gasteiger charge is -2.07. The highest BCUT2D eigenvalue weighted by Crippen LogP contribution is 2.28. The Kier molecular flexibility index (Phi) is 6.04. The van der Waals surface area contributed by atoms with E-state index in [0.29, 0.717) is 16.5 Å². The van der Waals surface area contributed by atoms with Crippen LogP contribution in [0.2, 0.25) is 10.0 Å². The molecular formula is C16H15Cl2NO3. The van der Waals surface area contributed by atoms with E-state index in [1.165, 1.54) is 0 Å². The summed E-state index contributed by atoms with van der Waals surface area (Å²) in [6.07, 6.45) is 1.10. The van der Waals surface area contributed by atoms with Crippen LogP contribution in [0.5, 0.6) is 0 Å². The maximum absolute atomic E-state index is 11.3. The van der Waals surface area contributed by atoms with Crippen molar-refractivity contribution in [1.82, 2.24) is 5.32 Å². The van der Waals surface area contributed by atoms with Crippen LogP contribution in [-0.2, 0) is 16.0 Å². The number of carbonyl (C=O) groups is 2. The maximum Gasteiger partial charge on any atom is 0.407 e. The molecule has 0 aromatic heterocycles. The Bertz CT molecular complexity index is 688. The molecule has 4 nitrogen and oxygen atoms in total. The normalized spacial score (nSPS) is 10.5. The lowest BCUT2D eigenvalue weighted by Crippen LogP contribution is -2.26. The molecule has 22 heavy (non-hydrogen) atoms. The molecule has 0 radical (unpaired) electrons. The van der Waals surface area contributed by atoms with E-state index in [-0.39, 0.29) is 19.6 Å². The Labute approximate surface area is 138 Å². The van der Waals surface area contributed by atoms with Crippen molar-refractivity contribution in [2.24, 2.45) is 0 Å². The second kappa shape index (κ2) is 8.01. The molecule has 2 aromatic carbocycles. The zero-order chi connectivity index (χ0) is 15.9. The first-order valence-electron chi connectivity index (χ1n) is 6.82. The van der Waals surface area contributed by atoms with Crippen LogP contribution in [0.3, 0.4) is 0 Å². The zero-order valence-corrected chi connectivity index (χ0v) is 13.3. The number of benzene rings is 2. The Morgan fingerprint density at radius 1 is 1.14 bits per heavy atom. The van der Waals surface area contributed by atoms with Crippen LogP contribution in [0.15, 0.2) is 30.3 Å². The predicted octanol–water partition coefficient (Wildman–Crippen LogP) is 4.00. The maximum atomic E-state index is 11.3. The predicted molar refractivity (Wildman–Crippen MR) is 87.7 cm³/mol. The molecule has 2 rings (SSSR count). The minimum Gasteiger partial charge on any atom is -0.449 e. The van der Waals surface area contributed by atoms with Crippen molar-refractivity contribution in [3.63, 3.8) is 0 Å². The molecule has 0 aliphatic heterocycles. The summed E-state index contributed by atoms with van der Waals surface area (Å²) >= 11 is 12.0. The number of aldehydes is 1. The minimum absolute atomic E-state index is 0.264. The summed E-state index contributed by atoms with van der Waals surface area (Å²) in [7, 11) is 0. The fourth-order valence-electron chi connectivity index (χ4n) is 1.99. The van der Waals surface area contributed by atoms with Gasteiger partial charge >= 0.3 is 6.09 Å². The van der Waals surface area contributed by atoms with Gasteiger partial charge in [0.05, 0.1) is 16.7 Å². The lowest BCUT2D eigenvalue weighted by molar-refractivity contribution is -0.107. The van der Waals surface area contributed by atoms with Crippen molar-refractivity contribution in [2.45, 2.75) is 12.8 Å². The summed E-state index contributed by atoms with van der Waals surface area (Å²) < 4.78 is 5.03. The van der Waals surface area contributed by atoms with Crippen LogP contribution < -0.4 is 5.32 Å². The summed E-state index contributed by atoms with van der Waals surface area (Å²) in [6.45, 7) is 0.553. The van der Waals surface area contributed by atoms with Crippen LogP contribution >= 0.6 is 23.2 Å². The number of carbonyl (C=O) groups excluding carboxylic acids is 2. The number of fused-ring (bicyclic) bond motifs is 1. The van der Waals surface area contributed by atoms with Gasteiger partial charge in [-0.1, -0.05) is 41.4 Å². The van der Waals surface area contributed by atoms with E-state index in [4.69, 9.17) is 27.9 Å². The molecule has 0 unspecified atom stereocenters. The monoisotopic (exact) mass is 339 g/mol. The van der Waals surface area contributed by atoms with Crippen LogP contribution in [-0.4, -0.2) is 25.5 Å². The van der Waals surface area contributed by atoms with Gasteiger partial charge in [0.25, 0.3) is 0 Å². The van der Waals surface area contributed by atoms with E-state index >= 15 is 0 Å². The van der Waals surface area contributed by atoms with Gasteiger partial charge in [-0.05, 0) is 28.5 Å². The van der Waals surface area contributed by atoms with Crippen LogP contribution in [0, 0.1) is 0 Å². The highest BCUT2D eigenvalue weighted by Gasteiger charge is 2.04. The van der Waals surface area contributed by atoms with E-state index in [1.54, 1.807) is 0 Å². The van der Waals surface area contributed by atoms with E-state index in [9.17, 15) is 9.59 Å². The van der Waals surface area contributed by atoms with E-state index < -0.39 is 6.09 Å². The molecule has 0 saturated heterocycles. The Hall–Kier alpha value is -1.78. The Balaban J connectivity index is 1.90. The van der Waals surface area contributed by atoms with Gasteiger partial charge in [-0.3, -0.25) is 0 Å². The average molecular weight is 340 g/mol. The molecule has 0 bridgehead atoms. The molecule has 0 spiro atoms. The SMILES string of the molecule is O=CCCNC(=O)OCCc1ccc2cc(Cl)c(Cl)cc2c1. The molecule has 0 heterocycles. The molecule has 1 N–H and O–H groups in total. The number of rotatable bonds is 6. The van der Waals surface area contributed by atoms with E-state index in [1.807, 2.05) is 30.3 Å². The molecule has 116 valence electrons. The lowest BCUT2D eigenvalue weighted by atomic mass is 10.1. The largest absolute Gasteiger partial charge is 0.449 e. The van der Waals surface area contributed by atoms with Gasteiger partial charge in [-0.2, -0.15) is 0 Å². The number of alkyl carbamates (subject to hydrolysis) is 1. The van der Waals surface area contributed by atoms with Gasteiger partial charge < -0.3 is 14.8 Å². The van der Waals surface area contributed by atoms with Gasteiger partial charge in [-0.15, -0.1) is 0 Å². The first-order chi connectivity index (χ1) is 10.6. The van der Waals surface area contributed by atoms with Crippen LogP contribution in [0.4, 0.5) is 4.79 Å². The fourth-order valence-corrected chi connectivity index (χ4v) is 2.34. The van der Waals surface area contributed by atoms with Gasteiger partial charge in [0.15, 0.2) is 0 Å². The number of ether oxygens (including phenoxy) is 1. The fraction of sp³-hybridized carbons (Fsp3) is 0.250. The van der Waals surface area contributed by atoms with Crippen molar-refractivity contribution in [3.05, 3.63) is 45.9 Å². The smallest absolute Gasteiger partial charge is 0.407 e. The Morgan fingerprint density at radius 3 is 2.59 bits per heavy atom. The molecule has 2 aromatic rings. The van der Waals surface area contributed by atoms with Crippen molar-refractivity contribution in [2.75, 3.05) is 13.2 Å². The summed E-state index contributed by atoms with van der Waals surface area (Å²) in [4.78, 5) is 21.4. The topological polar surface area (TPSA) is 55.4 Å². The van der Waals surface area contributed by atoms with E-state index in [0.717, 1.165) is 22.6 Å². The first-order valence-corrected chi connectivity index (χ1v) is 7.57. The van der Waals surface area contributed by atoms with Crippen molar-refractivity contribution >= 4 is 46.4 Å². The molecule has 6 heteroatoms. The molecule has 0 atom stereocenters. The van der Waals surface area contributed by atoms with Crippen molar-refractivity contribution in [3.8, 4) is 0 Å². The number of halogens is 2. The van der Waals surface area contributed by atoms with Gasteiger partial charge in [-0.25, -0.2) is 4.79 Å². The number of hydrogen-bond acceptors (Lipinski definition) is 3. The second-order valence-electron chi connectivity index (χ2n) is 4.72. The van der Waals surface area contributed by atoms with Crippen LogP contribution in [0.25, 0.3) is 10.8 Å².